The van der Waals surface area contributed by atoms with Crippen molar-refractivity contribution in [1.82, 2.24) is 0 Å². The third-order valence-electron chi connectivity index (χ3n) is 3.71. The van der Waals surface area contributed by atoms with E-state index in [4.69, 9.17) is 0 Å². The molecule has 2 aromatic rings. The van der Waals surface area contributed by atoms with Gasteiger partial charge in [0.25, 0.3) is 0 Å². The highest BCUT2D eigenvalue weighted by molar-refractivity contribution is 5.48. The van der Waals surface area contributed by atoms with Gasteiger partial charge in [0.15, 0.2) is 0 Å². The molecule has 2 aromatic carbocycles. The third-order valence-corrected chi connectivity index (χ3v) is 3.71. The number of rotatable bonds is 5. The van der Waals surface area contributed by atoms with Gasteiger partial charge in [0, 0.05) is 12.2 Å². The largest absolute Gasteiger partial charge is 0.387 e. The van der Waals surface area contributed by atoms with E-state index in [-0.39, 0.29) is 0 Å². The molecule has 1 atom stereocenters. The van der Waals surface area contributed by atoms with E-state index < -0.39 is 6.10 Å². The second-order valence-corrected chi connectivity index (χ2v) is 6.09. The standard InChI is InChI=1S/C19H25NO/c1-13(2)16-5-7-17(8-6-16)19(21)12-20-18-10-14(3)9-15(4)11-18/h5-11,13,19-21H,12H2,1-4H3. The number of aliphatic hydroxyl groups is 1. The first-order chi connectivity index (χ1) is 9.95. The number of aliphatic hydroxyl groups excluding tert-OH is 1. The van der Waals surface area contributed by atoms with Gasteiger partial charge in [-0.25, -0.2) is 0 Å². The molecule has 2 heteroatoms. The highest BCUT2D eigenvalue weighted by Gasteiger charge is 2.08. The van der Waals surface area contributed by atoms with Crippen LogP contribution in [0.3, 0.4) is 0 Å². The van der Waals surface area contributed by atoms with Crippen LogP contribution in [0.25, 0.3) is 0 Å². The van der Waals surface area contributed by atoms with Crippen molar-refractivity contribution in [2.75, 3.05) is 11.9 Å². The van der Waals surface area contributed by atoms with Crippen LogP contribution in [-0.2, 0) is 0 Å². The van der Waals surface area contributed by atoms with Crippen LogP contribution in [0.4, 0.5) is 5.69 Å². The number of hydrogen-bond donors (Lipinski definition) is 2. The quantitative estimate of drug-likeness (QED) is 0.842. The minimum atomic E-state index is -0.493. The van der Waals surface area contributed by atoms with Gasteiger partial charge in [-0.2, -0.15) is 0 Å². The molecular formula is C19H25NO. The normalized spacial score (nSPS) is 12.5. The van der Waals surface area contributed by atoms with Crippen LogP contribution in [0.1, 0.15) is 48.1 Å². The lowest BCUT2D eigenvalue weighted by molar-refractivity contribution is 0.191. The Hall–Kier alpha value is -1.80. The first-order valence-electron chi connectivity index (χ1n) is 7.56. The Balaban J connectivity index is 1.99. The molecule has 1 unspecified atom stereocenters. The highest BCUT2D eigenvalue weighted by Crippen LogP contribution is 2.20. The molecular weight excluding hydrogens is 258 g/mol. The Morgan fingerprint density at radius 1 is 0.905 bits per heavy atom. The Morgan fingerprint density at radius 3 is 1.95 bits per heavy atom. The first-order valence-corrected chi connectivity index (χ1v) is 7.56. The van der Waals surface area contributed by atoms with Crippen molar-refractivity contribution < 1.29 is 5.11 Å². The maximum absolute atomic E-state index is 10.3. The molecule has 0 aliphatic rings. The van der Waals surface area contributed by atoms with Crippen molar-refractivity contribution >= 4 is 5.69 Å². The third kappa shape index (κ3) is 4.33. The SMILES string of the molecule is Cc1cc(C)cc(NCC(O)c2ccc(C(C)C)cc2)c1. The Labute approximate surface area is 127 Å². The van der Waals surface area contributed by atoms with E-state index in [2.05, 4.69) is 63.3 Å². The molecule has 0 heterocycles. The van der Waals surface area contributed by atoms with E-state index in [1.54, 1.807) is 0 Å². The maximum atomic E-state index is 10.3. The monoisotopic (exact) mass is 283 g/mol. The predicted octanol–water partition coefficient (Wildman–Crippen LogP) is 4.57. The van der Waals surface area contributed by atoms with Gasteiger partial charge in [0.05, 0.1) is 6.10 Å². The molecule has 0 bridgehead atoms. The van der Waals surface area contributed by atoms with Gasteiger partial charge in [-0.1, -0.05) is 44.2 Å². The molecule has 0 spiro atoms. The zero-order valence-corrected chi connectivity index (χ0v) is 13.4. The van der Waals surface area contributed by atoms with Gasteiger partial charge >= 0.3 is 0 Å². The molecule has 2 rings (SSSR count). The minimum Gasteiger partial charge on any atom is -0.387 e. The van der Waals surface area contributed by atoms with Gasteiger partial charge in [0.1, 0.15) is 0 Å². The van der Waals surface area contributed by atoms with Gasteiger partial charge < -0.3 is 10.4 Å². The summed E-state index contributed by atoms with van der Waals surface area (Å²) in [5.74, 6) is 0.518. The van der Waals surface area contributed by atoms with Gasteiger partial charge in [-0.3, -0.25) is 0 Å². The Kier molecular flexibility index (Phi) is 5.03. The van der Waals surface area contributed by atoms with Crippen LogP contribution < -0.4 is 5.32 Å². The number of anilines is 1. The first kappa shape index (κ1) is 15.6. The topological polar surface area (TPSA) is 32.3 Å². The fourth-order valence-electron chi connectivity index (χ4n) is 2.51. The predicted molar refractivity (Wildman–Crippen MR) is 89.9 cm³/mol. The highest BCUT2D eigenvalue weighted by atomic mass is 16.3. The van der Waals surface area contributed by atoms with Crippen molar-refractivity contribution in [3.05, 3.63) is 64.7 Å². The van der Waals surface area contributed by atoms with Crippen molar-refractivity contribution in [3.8, 4) is 0 Å². The molecule has 0 radical (unpaired) electrons. The Morgan fingerprint density at radius 2 is 1.43 bits per heavy atom. The van der Waals surface area contributed by atoms with Crippen molar-refractivity contribution in [2.24, 2.45) is 0 Å². The summed E-state index contributed by atoms with van der Waals surface area (Å²) in [6, 6.07) is 14.6. The molecule has 0 saturated carbocycles. The summed E-state index contributed by atoms with van der Waals surface area (Å²) < 4.78 is 0. The van der Waals surface area contributed by atoms with Crippen LogP contribution in [0.2, 0.25) is 0 Å². The molecule has 0 amide bonds. The van der Waals surface area contributed by atoms with Crippen molar-refractivity contribution in [2.45, 2.75) is 39.7 Å². The molecule has 2 N–H and O–H groups in total. The van der Waals surface area contributed by atoms with Crippen LogP contribution in [0.15, 0.2) is 42.5 Å². The molecule has 0 aliphatic heterocycles. The van der Waals surface area contributed by atoms with E-state index in [0.29, 0.717) is 12.5 Å². The molecule has 112 valence electrons. The fraction of sp³-hybridized carbons (Fsp3) is 0.368. The van der Waals surface area contributed by atoms with Gasteiger partial charge in [-0.05, 0) is 54.2 Å². The van der Waals surface area contributed by atoms with Gasteiger partial charge in [0.2, 0.25) is 0 Å². The zero-order chi connectivity index (χ0) is 15.4. The number of aryl methyl sites for hydroxylation is 2. The van der Waals surface area contributed by atoms with Crippen LogP contribution >= 0.6 is 0 Å². The lowest BCUT2D eigenvalue weighted by atomic mass is 10.00. The summed E-state index contributed by atoms with van der Waals surface area (Å²) in [5.41, 5.74) is 5.77. The average molecular weight is 283 g/mol. The summed E-state index contributed by atoms with van der Waals surface area (Å²) in [6.45, 7) is 9.03. The molecule has 2 nitrogen and oxygen atoms in total. The van der Waals surface area contributed by atoms with Crippen molar-refractivity contribution in [3.63, 3.8) is 0 Å². The number of benzene rings is 2. The zero-order valence-electron chi connectivity index (χ0n) is 13.4. The van der Waals surface area contributed by atoms with Crippen LogP contribution in [-0.4, -0.2) is 11.7 Å². The van der Waals surface area contributed by atoms with E-state index in [1.165, 1.54) is 16.7 Å². The van der Waals surface area contributed by atoms with E-state index in [9.17, 15) is 5.11 Å². The summed E-state index contributed by atoms with van der Waals surface area (Å²) in [4.78, 5) is 0. The van der Waals surface area contributed by atoms with Crippen LogP contribution in [0.5, 0.6) is 0 Å². The lowest BCUT2D eigenvalue weighted by Crippen LogP contribution is -2.12. The summed E-state index contributed by atoms with van der Waals surface area (Å²) >= 11 is 0. The average Bonchev–Trinajstić information content (AvgIpc) is 2.44. The lowest BCUT2D eigenvalue weighted by Gasteiger charge is -2.15. The van der Waals surface area contributed by atoms with E-state index in [1.807, 2.05) is 12.1 Å². The fourth-order valence-corrected chi connectivity index (χ4v) is 2.51. The second-order valence-electron chi connectivity index (χ2n) is 6.09. The summed E-state index contributed by atoms with van der Waals surface area (Å²) in [6.07, 6.45) is -0.493. The minimum absolute atomic E-state index is 0.493. The summed E-state index contributed by atoms with van der Waals surface area (Å²) in [5, 5.41) is 13.6. The number of hydrogen-bond acceptors (Lipinski definition) is 2. The molecule has 21 heavy (non-hydrogen) atoms. The maximum Gasteiger partial charge on any atom is 0.0962 e. The Bertz CT molecular complexity index is 567. The summed E-state index contributed by atoms with van der Waals surface area (Å²) in [7, 11) is 0. The van der Waals surface area contributed by atoms with Crippen molar-refractivity contribution in [1.29, 1.82) is 0 Å². The molecule has 0 aromatic heterocycles. The van der Waals surface area contributed by atoms with E-state index in [0.717, 1.165) is 11.3 Å². The molecule has 0 fully saturated rings. The van der Waals surface area contributed by atoms with Gasteiger partial charge in [-0.15, -0.1) is 0 Å². The van der Waals surface area contributed by atoms with Crippen LogP contribution in [0, 0.1) is 13.8 Å². The second kappa shape index (κ2) is 6.77. The number of nitrogens with one attached hydrogen (secondary N) is 1. The smallest absolute Gasteiger partial charge is 0.0962 e. The van der Waals surface area contributed by atoms with E-state index >= 15 is 0 Å². The molecule has 0 saturated heterocycles. The molecule has 0 aliphatic carbocycles.